The van der Waals surface area contributed by atoms with Gasteiger partial charge in [-0.05, 0) is 19.2 Å². The van der Waals surface area contributed by atoms with Gasteiger partial charge >= 0.3 is 6.03 Å². The van der Waals surface area contributed by atoms with Crippen LogP contribution in [0.2, 0.25) is 5.02 Å². The molecule has 3 heterocycles. The van der Waals surface area contributed by atoms with Gasteiger partial charge in [0.25, 0.3) is 0 Å². The zero-order chi connectivity index (χ0) is 21.3. The lowest BCUT2D eigenvalue weighted by atomic mass is 9.93. The highest BCUT2D eigenvalue weighted by Crippen LogP contribution is 2.41. The Morgan fingerprint density at radius 2 is 1.97 bits per heavy atom. The molecular weight excluding hydrogens is 406 g/mol. The minimum atomic E-state index is -0.331. The number of nitrogens with one attached hydrogen (secondary N) is 1. The molecule has 1 N–H and O–H groups in total. The van der Waals surface area contributed by atoms with Gasteiger partial charge in [-0.3, -0.25) is 9.69 Å². The highest BCUT2D eigenvalue weighted by Gasteiger charge is 2.58. The van der Waals surface area contributed by atoms with Crippen LogP contribution in [0.4, 0.5) is 10.5 Å². The van der Waals surface area contributed by atoms with Crippen molar-refractivity contribution in [3.63, 3.8) is 0 Å². The van der Waals surface area contributed by atoms with E-state index in [1.807, 2.05) is 21.9 Å². The van der Waals surface area contributed by atoms with Gasteiger partial charge in [-0.25, -0.2) is 4.79 Å². The van der Waals surface area contributed by atoms with Gasteiger partial charge in [-0.1, -0.05) is 23.7 Å². The highest BCUT2D eigenvalue weighted by atomic mass is 35.5. The molecule has 3 fully saturated rings. The number of amides is 3. The Balaban J connectivity index is 1.48. The number of para-hydroxylation sites is 1. The van der Waals surface area contributed by atoms with Crippen LogP contribution >= 0.6 is 11.6 Å². The third-order valence-electron chi connectivity index (χ3n) is 6.66. The quantitative estimate of drug-likeness (QED) is 0.780. The first kappa shape index (κ1) is 21.4. The van der Waals surface area contributed by atoms with E-state index in [9.17, 15) is 9.59 Å². The Morgan fingerprint density at radius 1 is 1.23 bits per heavy atom. The number of fused-ring (bicyclic) bond motifs is 2. The molecule has 1 atom stereocenters. The molecule has 9 heteroatoms. The van der Waals surface area contributed by atoms with Gasteiger partial charge in [0.1, 0.15) is 11.7 Å². The average Bonchev–Trinajstić information content (AvgIpc) is 2.96. The number of rotatable bonds is 4. The van der Waals surface area contributed by atoms with Crippen molar-refractivity contribution in [2.75, 3.05) is 65.3 Å². The fourth-order valence-corrected chi connectivity index (χ4v) is 5.23. The number of likely N-dealkylation sites (tertiary alicyclic amines) is 1. The molecule has 3 aliphatic rings. The largest absolute Gasteiger partial charge is 0.383 e. The number of urea groups is 1. The second-order valence-corrected chi connectivity index (χ2v) is 8.74. The summed E-state index contributed by atoms with van der Waals surface area (Å²) in [6.07, 6.45) is 1.47. The molecule has 0 aromatic heterocycles. The number of halogens is 1. The second kappa shape index (κ2) is 8.70. The lowest BCUT2D eigenvalue weighted by Gasteiger charge is -2.50. The number of anilines is 1. The SMILES string of the molecule is COCCN1C(=O)[C@H]2CN(C)CCN2C12CCN(C(=O)Nc1ccccc1Cl)CC2. The number of piperazine rings is 1. The summed E-state index contributed by atoms with van der Waals surface area (Å²) in [7, 11) is 3.73. The third kappa shape index (κ3) is 3.77. The number of methoxy groups -OCH3 is 1. The molecule has 3 saturated heterocycles. The first-order chi connectivity index (χ1) is 14.5. The number of likely N-dealkylation sites (N-methyl/N-ethyl adjacent to an activating group) is 1. The van der Waals surface area contributed by atoms with E-state index in [-0.39, 0.29) is 23.6 Å². The molecule has 3 aliphatic heterocycles. The molecule has 1 aromatic rings. The molecule has 4 rings (SSSR count). The van der Waals surface area contributed by atoms with Crippen LogP contribution in [0, 0.1) is 0 Å². The van der Waals surface area contributed by atoms with Crippen LogP contribution < -0.4 is 5.32 Å². The topological polar surface area (TPSA) is 68.4 Å². The first-order valence-electron chi connectivity index (χ1n) is 10.5. The van der Waals surface area contributed by atoms with Crippen molar-refractivity contribution >= 4 is 29.2 Å². The van der Waals surface area contributed by atoms with Crippen molar-refractivity contribution in [3.8, 4) is 0 Å². The highest BCUT2D eigenvalue weighted by molar-refractivity contribution is 6.33. The van der Waals surface area contributed by atoms with Crippen molar-refractivity contribution in [1.82, 2.24) is 19.6 Å². The molecular formula is C21H30ClN5O3. The zero-order valence-electron chi connectivity index (χ0n) is 17.6. The summed E-state index contributed by atoms with van der Waals surface area (Å²) in [5, 5.41) is 3.43. The molecule has 0 aliphatic carbocycles. The van der Waals surface area contributed by atoms with Gasteiger partial charge in [0.05, 0.1) is 17.3 Å². The number of carbonyl (C=O) groups is 2. The van der Waals surface area contributed by atoms with Gasteiger partial charge in [0.2, 0.25) is 5.91 Å². The Hall–Kier alpha value is -1.87. The summed E-state index contributed by atoms with van der Waals surface area (Å²) < 4.78 is 5.29. The van der Waals surface area contributed by atoms with Crippen LogP contribution in [0.5, 0.6) is 0 Å². The van der Waals surface area contributed by atoms with Gasteiger partial charge in [-0.15, -0.1) is 0 Å². The summed E-state index contributed by atoms with van der Waals surface area (Å²) in [4.78, 5) is 34.5. The number of ether oxygens (including phenoxy) is 1. The Bertz CT molecular complexity index is 799. The van der Waals surface area contributed by atoms with Gasteiger partial charge in [0, 0.05) is 59.2 Å². The molecule has 1 aromatic carbocycles. The van der Waals surface area contributed by atoms with E-state index >= 15 is 0 Å². The maximum atomic E-state index is 13.3. The molecule has 0 unspecified atom stereocenters. The number of hydrogen-bond donors (Lipinski definition) is 1. The molecule has 164 valence electrons. The molecule has 0 radical (unpaired) electrons. The van der Waals surface area contributed by atoms with Crippen molar-refractivity contribution in [2.24, 2.45) is 0 Å². The zero-order valence-corrected chi connectivity index (χ0v) is 18.4. The van der Waals surface area contributed by atoms with Crippen LogP contribution in [0.15, 0.2) is 24.3 Å². The van der Waals surface area contributed by atoms with Crippen LogP contribution in [-0.4, -0.2) is 103 Å². The smallest absolute Gasteiger partial charge is 0.321 e. The summed E-state index contributed by atoms with van der Waals surface area (Å²) in [6.45, 7) is 4.83. The Labute approximate surface area is 182 Å². The molecule has 3 amide bonds. The van der Waals surface area contributed by atoms with E-state index in [1.54, 1.807) is 19.2 Å². The van der Waals surface area contributed by atoms with Crippen molar-refractivity contribution in [1.29, 1.82) is 0 Å². The van der Waals surface area contributed by atoms with Gasteiger partial charge < -0.3 is 24.8 Å². The number of hydrogen-bond acceptors (Lipinski definition) is 5. The monoisotopic (exact) mass is 435 g/mol. The van der Waals surface area contributed by atoms with Crippen LogP contribution in [0.1, 0.15) is 12.8 Å². The first-order valence-corrected chi connectivity index (χ1v) is 10.9. The van der Waals surface area contributed by atoms with Gasteiger partial charge in [0.15, 0.2) is 0 Å². The van der Waals surface area contributed by atoms with Crippen molar-refractivity contribution < 1.29 is 14.3 Å². The minimum Gasteiger partial charge on any atom is -0.383 e. The Kier molecular flexibility index (Phi) is 6.20. The van der Waals surface area contributed by atoms with Crippen molar-refractivity contribution in [3.05, 3.63) is 29.3 Å². The number of nitrogens with zero attached hydrogens (tertiary/aromatic N) is 4. The number of carbonyl (C=O) groups excluding carboxylic acids is 2. The fourth-order valence-electron chi connectivity index (χ4n) is 5.05. The molecule has 8 nitrogen and oxygen atoms in total. The van der Waals surface area contributed by atoms with Crippen molar-refractivity contribution in [2.45, 2.75) is 24.5 Å². The molecule has 0 bridgehead atoms. The maximum Gasteiger partial charge on any atom is 0.321 e. The van der Waals surface area contributed by atoms with E-state index in [0.29, 0.717) is 37.0 Å². The molecule has 30 heavy (non-hydrogen) atoms. The Morgan fingerprint density at radius 3 is 2.67 bits per heavy atom. The summed E-state index contributed by atoms with van der Waals surface area (Å²) in [5.74, 6) is 0.188. The molecule has 1 spiro atoms. The van der Waals surface area contributed by atoms with Crippen LogP contribution in [-0.2, 0) is 9.53 Å². The second-order valence-electron chi connectivity index (χ2n) is 8.33. The standard InChI is InChI=1S/C21H30ClN5O3/c1-24-11-12-26-18(15-24)19(28)27(13-14-30-2)21(26)7-9-25(10-8-21)20(29)23-17-6-4-3-5-16(17)22/h3-6,18H,7-15H2,1-2H3,(H,23,29)/t18-/m1/s1. The lowest BCUT2D eigenvalue weighted by molar-refractivity contribution is -0.134. The average molecular weight is 436 g/mol. The van der Waals surface area contributed by atoms with E-state index in [0.717, 1.165) is 32.5 Å². The van der Waals surface area contributed by atoms with Gasteiger partial charge in [-0.2, -0.15) is 0 Å². The van der Waals surface area contributed by atoms with E-state index < -0.39 is 0 Å². The minimum absolute atomic E-state index is 0.107. The third-order valence-corrected chi connectivity index (χ3v) is 6.99. The fraction of sp³-hybridized carbons (Fsp3) is 0.619. The van der Waals surface area contributed by atoms with E-state index in [1.165, 1.54) is 0 Å². The number of benzene rings is 1. The summed E-state index contributed by atoms with van der Waals surface area (Å²) in [5.41, 5.74) is 0.282. The van der Waals surface area contributed by atoms with Crippen LogP contribution in [0.25, 0.3) is 0 Å². The van der Waals surface area contributed by atoms with Crippen LogP contribution in [0.3, 0.4) is 0 Å². The van der Waals surface area contributed by atoms with E-state index in [4.69, 9.17) is 16.3 Å². The maximum absolute atomic E-state index is 13.3. The van der Waals surface area contributed by atoms with E-state index in [2.05, 4.69) is 22.2 Å². The summed E-state index contributed by atoms with van der Waals surface area (Å²) >= 11 is 6.18. The predicted octanol–water partition coefficient (Wildman–Crippen LogP) is 1.77. The summed E-state index contributed by atoms with van der Waals surface area (Å²) in [6, 6.07) is 6.97. The predicted molar refractivity (Wildman–Crippen MR) is 116 cm³/mol. The lowest BCUT2D eigenvalue weighted by Crippen LogP contribution is -2.64. The molecule has 0 saturated carbocycles. The normalized spacial score (nSPS) is 24.4. The number of piperidine rings is 1.